The van der Waals surface area contributed by atoms with E-state index in [1.54, 1.807) is 6.92 Å². The molecule has 1 aromatic rings. The van der Waals surface area contributed by atoms with Crippen molar-refractivity contribution in [1.82, 2.24) is 5.32 Å². The van der Waals surface area contributed by atoms with Crippen molar-refractivity contribution in [3.8, 4) is 0 Å². The maximum atomic E-state index is 11.8. The van der Waals surface area contributed by atoms with E-state index >= 15 is 0 Å². The Morgan fingerprint density at radius 1 is 1.30 bits per heavy atom. The molecule has 0 saturated heterocycles. The third kappa shape index (κ3) is 5.62. The lowest BCUT2D eigenvalue weighted by atomic mass is 10.2. The molecule has 0 aromatic heterocycles. The van der Waals surface area contributed by atoms with Crippen LogP contribution in [0.4, 0.5) is 0 Å². The third-order valence-corrected chi connectivity index (χ3v) is 2.40. The van der Waals surface area contributed by atoms with E-state index in [4.69, 9.17) is 4.74 Å². The molecule has 20 heavy (non-hydrogen) atoms. The fraction of sp³-hybridized carbons (Fsp3) is 0.357. The van der Waals surface area contributed by atoms with Crippen molar-refractivity contribution in [3.05, 3.63) is 35.9 Å². The number of esters is 1. The largest absolute Gasteiger partial charge is 0.466 e. The van der Waals surface area contributed by atoms with Crippen LogP contribution in [0.2, 0.25) is 0 Å². The van der Waals surface area contributed by atoms with E-state index < -0.39 is 24.4 Å². The van der Waals surface area contributed by atoms with Crippen LogP contribution in [0.3, 0.4) is 0 Å². The number of nitrogens with one attached hydrogen (secondary N) is 1. The number of hydrogen-bond donors (Lipinski definition) is 1. The first-order chi connectivity index (χ1) is 9.67. The summed E-state index contributed by atoms with van der Waals surface area (Å²) in [5, 5.41) is 2.24. The summed E-state index contributed by atoms with van der Waals surface area (Å²) in [6.45, 7) is 2.00. The molecule has 0 aliphatic heterocycles. The molecule has 0 heterocycles. The van der Waals surface area contributed by atoms with Crippen LogP contribution < -0.4 is 5.32 Å². The van der Waals surface area contributed by atoms with Gasteiger partial charge < -0.3 is 14.8 Å². The van der Waals surface area contributed by atoms with E-state index in [9.17, 15) is 14.4 Å². The number of carbonyl (C=O) groups excluding carboxylic acids is 3. The van der Waals surface area contributed by atoms with Gasteiger partial charge in [-0.1, -0.05) is 30.3 Å². The van der Waals surface area contributed by atoms with Gasteiger partial charge in [0.2, 0.25) is 6.41 Å². The monoisotopic (exact) mass is 279 g/mol. The summed E-state index contributed by atoms with van der Waals surface area (Å²) in [6.07, 6.45) is -1.23. The Morgan fingerprint density at radius 2 is 2.00 bits per heavy atom. The molecule has 6 nitrogen and oxygen atoms in total. The molecule has 0 spiro atoms. The molecule has 1 rings (SSSR count). The van der Waals surface area contributed by atoms with Crippen molar-refractivity contribution in [2.75, 3.05) is 6.61 Å². The Balaban J connectivity index is 2.52. The average Bonchev–Trinajstić information content (AvgIpc) is 2.44. The van der Waals surface area contributed by atoms with Crippen LogP contribution in [0.15, 0.2) is 30.3 Å². The van der Waals surface area contributed by atoms with Crippen molar-refractivity contribution >= 4 is 18.2 Å². The predicted molar refractivity (Wildman–Crippen MR) is 70.5 cm³/mol. The molecule has 1 atom stereocenters. The number of carbonyl (C=O) groups is 3. The SMILES string of the molecule is CCOC(=O)CC(=O)C(NC=O)OCc1ccccc1. The molecule has 0 aliphatic rings. The van der Waals surface area contributed by atoms with Gasteiger partial charge >= 0.3 is 5.97 Å². The Kier molecular flexibility index (Phi) is 6.99. The fourth-order valence-electron chi connectivity index (χ4n) is 1.50. The molecular weight excluding hydrogens is 262 g/mol. The maximum Gasteiger partial charge on any atom is 0.313 e. The third-order valence-electron chi connectivity index (χ3n) is 2.40. The van der Waals surface area contributed by atoms with Crippen molar-refractivity contribution in [2.24, 2.45) is 0 Å². The summed E-state index contributed by atoms with van der Waals surface area (Å²) < 4.78 is 9.98. The summed E-state index contributed by atoms with van der Waals surface area (Å²) >= 11 is 0. The summed E-state index contributed by atoms with van der Waals surface area (Å²) in [7, 11) is 0. The Labute approximate surface area is 117 Å². The zero-order valence-corrected chi connectivity index (χ0v) is 11.2. The number of benzene rings is 1. The fourth-order valence-corrected chi connectivity index (χ4v) is 1.50. The van der Waals surface area contributed by atoms with Gasteiger partial charge in [0, 0.05) is 0 Å². The van der Waals surface area contributed by atoms with Crippen LogP contribution in [-0.2, 0) is 30.5 Å². The minimum absolute atomic E-state index is 0.154. The van der Waals surface area contributed by atoms with Crippen LogP contribution in [0, 0.1) is 0 Å². The van der Waals surface area contributed by atoms with Crippen molar-refractivity contribution in [1.29, 1.82) is 0 Å². The zero-order chi connectivity index (χ0) is 14.8. The van der Waals surface area contributed by atoms with Crippen LogP contribution in [0.1, 0.15) is 18.9 Å². The molecule has 1 amide bonds. The van der Waals surface area contributed by atoms with Gasteiger partial charge in [0.25, 0.3) is 0 Å². The molecular formula is C14H17NO5. The zero-order valence-electron chi connectivity index (χ0n) is 11.2. The van der Waals surface area contributed by atoms with E-state index in [-0.39, 0.29) is 13.2 Å². The Morgan fingerprint density at radius 3 is 2.60 bits per heavy atom. The van der Waals surface area contributed by atoms with E-state index in [1.165, 1.54) is 0 Å². The molecule has 0 bridgehead atoms. The van der Waals surface area contributed by atoms with E-state index in [0.717, 1.165) is 5.56 Å². The second-order valence-electron chi connectivity index (χ2n) is 3.91. The minimum Gasteiger partial charge on any atom is -0.466 e. The number of hydrogen-bond acceptors (Lipinski definition) is 5. The standard InChI is InChI=1S/C14H17NO5/c1-2-19-13(18)8-12(17)14(15-10-16)20-9-11-6-4-3-5-7-11/h3-7,10,14H,2,8-9H2,1H3,(H,15,16). The average molecular weight is 279 g/mol. The second-order valence-corrected chi connectivity index (χ2v) is 3.91. The van der Waals surface area contributed by atoms with E-state index in [2.05, 4.69) is 10.1 Å². The highest BCUT2D eigenvalue weighted by molar-refractivity contribution is 5.98. The Bertz CT molecular complexity index is 446. The summed E-state index contributed by atoms with van der Waals surface area (Å²) in [4.78, 5) is 33.5. The number of rotatable bonds is 9. The van der Waals surface area contributed by atoms with Crippen LogP contribution in [0.5, 0.6) is 0 Å². The van der Waals surface area contributed by atoms with Gasteiger partial charge in [-0.05, 0) is 12.5 Å². The van der Waals surface area contributed by atoms with Gasteiger partial charge in [0.05, 0.1) is 13.2 Å². The molecule has 1 aromatic carbocycles. The quantitative estimate of drug-likeness (QED) is 0.313. The van der Waals surface area contributed by atoms with Crippen molar-refractivity contribution < 1.29 is 23.9 Å². The first-order valence-corrected chi connectivity index (χ1v) is 6.21. The minimum atomic E-state index is -1.16. The van der Waals surface area contributed by atoms with E-state index in [0.29, 0.717) is 6.41 Å². The molecule has 108 valence electrons. The second kappa shape index (κ2) is 8.82. The van der Waals surface area contributed by atoms with Gasteiger partial charge in [-0.25, -0.2) is 0 Å². The van der Waals surface area contributed by atoms with Crippen LogP contribution in [0.25, 0.3) is 0 Å². The summed E-state index contributed by atoms with van der Waals surface area (Å²) in [5.74, 6) is -1.19. The van der Waals surface area contributed by atoms with Gasteiger partial charge in [0.1, 0.15) is 6.42 Å². The highest BCUT2D eigenvalue weighted by atomic mass is 16.5. The first-order valence-electron chi connectivity index (χ1n) is 6.21. The van der Waals surface area contributed by atoms with Gasteiger partial charge in [-0.15, -0.1) is 0 Å². The number of ketones is 1. The first kappa shape index (κ1) is 15.8. The smallest absolute Gasteiger partial charge is 0.313 e. The van der Waals surface area contributed by atoms with Crippen molar-refractivity contribution in [3.63, 3.8) is 0 Å². The molecule has 0 radical (unpaired) electrons. The topological polar surface area (TPSA) is 81.7 Å². The Hall–Kier alpha value is -2.21. The van der Waals surface area contributed by atoms with E-state index in [1.807, 2.05) is 30.3 Å². The summed E-state index contributed by atoms with van der Waals surface area (Å²) in [5.41, 5.74) is 0.856. The molecule has 0 fully saturated rings. The lowest BCUT2D eigenvalue weighted by Gasteiger charge is -2.15. The van der Waals surface area contributed by atoms with Gasteiger partial charge in [-0.2, -0.15) is 0 Å². The van der Waals surface area contributed by atoms with Crippen LogP contribution in [-0.4, -0.2) is 31.0 Å². The number of ether oxygens (including phenoxy) is 2. The number of amides is 1. The van der Waals surface area contributed by atoms with Gasteiger partial charge in [0.15, 0.2) is 12.0 Å². The summed E-state index contributed by atoms with van der Waals surface area (Å²) in [6, 6.07) is 9.18. The molecule has 1 unspecified atom stereocenters. The molecule has 0 aliphatic carbocycles. The van der Waals surface area contributed by atoms with Crippen molar-refractivity contribution in [2.45, 2.75) is 26.2 Å². The maximum absolute atomic E-state index is 11.8. The molecule has 6 heteroatoms. The lowest BCUT2D eigenvalue weighted by Crippen LogP contribution is -2.39. The molecule has 1 N–H and O–H groups in total. The van der Waals surface area contributed by atoms with Gasteiger partial charge in [-0.3, -0.25) is 14.4 Å². The molecule has 0 saturated carbocycles. The van der Waals surface area contributed by atoms with Crippen LogP contribution >= 0.6 is 0 Å². The predicted octanol–water partition coefficient (Wildman–Crippen LogP) is 0.798. The highest BCUT2D eigenvalue weighted by Gasteiger charge is 2.21. The lowest BCUT2D eigenvalue weighted by molar-refractivity contribution is -0.150. The normalized spacial score (nSPS) is 11.4. The number of Topliss-reactive ketones (excluding diaryl/α,β-unsaturated/α-hetero) is 1. The highest BCUT2D eigenvalue weighted by Crippen LogP contribution is 2.04.